The van der Waals surface area contributed by atoms with Crippen LogP contribution in [0.15, 0.2) is 16.8 Å². The molecule has 1 aliphatic carbocycles. The van der Waals surface area contributed by atoms with E-state index in [9.17, 15) is 8.42 Å². The van der Waals surface area contributed by atoms with E-state index >= 15 is 0 Å². The molecule has 0 aromatic carbocycles. The van der Waals surface area contributed by atoms with E-state index in [1.165, 1.54) is 4.31 Å². The first-order valence-electron chi connectivity index (χ1n) is 6.36. The third kappa shape index (κ3) is 3.92. The molecular weight excluding hydrogens is 304 g/mol. The van der Waals surface area contributed by atoms with Crippen LogP contribution in [0, 0.1) is 0 Å². The van der Waals surface area contributed by atoms with Crippen molar-refractivity contribution in [3.05, 3.63) is 22.4 Å². The van der Waals surface area contributed by atoms with Crippen molar-refractivity contribution in [2.45, 2.75) is 31.8 Å². The van der Waals surface area contributed by atoms with Gasteiger partial charge in [0.1, 0.15) is 0 Å². The zero-order valence-electron chi connectivity index (χ0n) is 11.0. The molecule has 0 atom stereocenters. The summed E-state index contributed by atoms with van der Waals surface area (Å²) in [6.07, 6.45) is 2.60. The summed E-state index contributed by atoms with van der Waals surface area (Å²) in [5, 5.41) is 3.98. The Hall–Kier alpha value is -0.140. The number of rotatable bonds is 8. The highest BCUT2D eigenvalue weighted by molar-refractivity contribution is 7.86. The number of hydrogen-bond donors (Lipinski definition) is 0. The first-order chi connectivity index (χ1) is 9.05. The maximum absolute atomic E-state index is 12.6. The normalized spacial score (nSPS) is 16.4. The molecule has 108 valence electrons. The fourth-order valence-electron chi connectivity index (χ4n) is 1.90. The molecule has 0 amide bonds. The maximum Gasteiger partial charge on any atom is 0.282 e. The predicted octanol–water partition coefficient (Wildman–Crippen LogP) is 2.52. The van der Waals surface area contributed by atoms with E-state index in [0.29, 0.717) is 25.4 Å². The van der Waals surface area contributed by atoms with E-state index in [0.717, 1.165) is 18.4 Å². The standard InChI is InChI=1S/C12H19ClN2O2S2/c1-14(7-2-6-13)19(16,17)15(12-3-4-12)9-11-5-8-18-10-11/h5,8,10,12H,2-4,6-7,9H2,1H3. The van der Waals surface area contributed by atoms with Crippen LogP contribution in [0.25, 0.3) is 0 Å². The third-order valence-corrected chi connectivity index (χ3v) is 6.16. The lowest BCUT2D eigenvalue weighted by Crippen LogP contribution is -2.43. The monoisotopic (exact) mass is 322 g/mol. The molecule has 1 fully saturated rings. The van der Waals surface area contributed by atoms with E-state index in [1.54, 1.807) is 22.7 Å². The van der Waals surface area contributed by atoms with Crippen LogP contribution in [0.5, 0.6) is 0 Å². The van der Waals surface area contributed by atoms with Crippen LogP contribution in [0.2, 0.25) is 0 Å². The number of hydrogen-bond acceptors (Lipinski definition) is 3. The van der Waals surface area contributed by atoms with Gasteiger partial charge in [-0.25, -0.2) is 0 Å². The van der Waals surface area contributed by atoms with Crippen LogP contribution in [-0.4, -0.2) is 42.5 Å². The van der Waals surface area contributed by atoms with Crippen molar-refractivity contribution >= 4 is 33.1 Å². The molecule has 2 rings (SSSR count). The molecule has 0 saturated heterocycles. The quantitative estimate of drug-likeness (QED) is 0.690. The molecule has 0 radical (unpaired) electrons. The Kier molecular flexibility index (Phi) is 5.25. The highest BCUT2D eigenvalue weighted by Crippen LogP contribution is 2.32. The van der Waals surface area contributed by atoms with Crippen molar-refractivity contribution in [1.82, 2.24) is 8.61 Å². The van der Waals surface area contributed by atoms with Gasteiger partial charge < -0.3 is 0 Å². The summed E-state index contributed by atoms with van der Waals surface area (Å²) in [4.78, 5) is 0. The molecule has 7 heteroatoms. The Morgan fingerprint density at radius 3 is 2.74 bits per heavy atom. The Morgan fingerprint density at radius 2 is 2.21 bits per heavy atom. The van der Waals surface area contributed by atoms with Gasteiger partial charge in [-0.2, -0.15) is 28.4 Å². The second-order valence-corrected chi connectivity index (χ2v) is 7.93. The van der Waals surface area contributed by atoms with Gasteiger partial charge in [0.2, 0.25) is 0 Å². The molecule has 1 heterocycles. The summed E-state index contributed by atoms with van der Waals surface area (Å²) in [6.45, 7) is 0.945. The lowest BCUT2D eigenvalue weighted by atomic mass is 10.3. The number of thiophene rings is 1. The Bertz CT molecular complexity index is 486. The smallest absolute Gasteiger partial charge is 0.195 e. The van der Waals surface area contributed by atoms with Gasteiger partial charge in [-0.3, -0.25) is 0 Å². The molecule has 0 bridgehead atoms. The fraction of sp³-hybridized carbons (Fsp3) is 0.667. The predicted molar refractivity (Wildman–Crippen MR) is 79.8 cm³/mol. The lowest BCUT2D eigenvalue weighted by Gasteiger charge is -2.27. The maximum atomic E-state index is 12.6. The van der Waals surface area contributed by atoms with Gasteiger partial charge in [-0.1, -0.05) is 0 Å². The van der Waals surface area contributed by atoms with Gasteiger partial charge in [-0.15, -0.1) is 11.6 Å². The van der Waals surface area contributed by atoms with Crippen LogP contribution < -0.4 is 0 Å². The van der Waals surface area contributed by atoms with Crippen molar-refractivity contribution in [2.24, 2.45) is 0 Å². The summed E-state index contributed by atoms with van der Waals surface area (Å²) in [5.41, 5.74) is 1.06. The molecule has 1 aromatic rings. The van der Waals surface area contributed by atoms with E-state index in [1.807, 2.05) is 16.8 Å². The highest BCUT2D eigenvalue weighted by Gasteiger charge is 2.39. The minimum absolute atomic E-state index is 0.170. The second kappa shape index (κ2) is 6.54. The largest absolute Gasteiger partial charge is 0.282 e. The SMILES string of the molecule is CN(CCCCl)S(=O)(=O)N(Cc1ccsc1)C1CC1. The number of halogens is 1. The van der Waals surface area contributed by atoms with Gasteiger partial charge >= 0.3 is 0 Å². The first-order valence-corrected chi connectivity index (χ1v) is 9.23. The average molecular weight is 323 g/mol. The molecule has 0 aliphatic heterocycles. The average Bonchev–Trinajstić information content (AvgIpc) is 3.09. The molecule has 4 nitrogen and oxygen atoms in total. The highest BCUT2D eigenvalue weighted by atomic mass is 35.5. The van der Waals surface area contributed by atoms with Gasteiger partial charge in [-0.05, 0) is 41.7 Å². The van der Waals surface area contributed by atoms with Crippen LogP contribution in [0.3, 0.4) is 0 Å². The zero-order chi connectivity index (χ0) is 13.9. The molecule has 1 aliphatic rings. The number of alkyl halides is 1. The topological polar surface area (TPSA) is 40.6 Å². The Balaban J connectivity index is 2.09. The fourth-order valence-corrected chi connectivity index (χ4v) is 4.30. The van der Waals surface area contributed by atoms with Crippen molar-refractivity contribution in [3.8, 4) is 0 Å². The van der Waals surface area contributed by atoms with Crippen molar-refractivity contribution in [3.63, 3.8) is 0 Å². The molecule has 1 saturated carbocycles. The van der Waals surface area contributed by atoms with Gasteiger partial charge in [0, 0.05) is 32.1 Å². The summed E-state index contributed by atoms with van der Waals surface area (Å²) in [5.74, 6) is 0.480. The van der Waals surface area contributed by atoms with Gasteiger partial charge in [0.05, 0.1) is 0 Å². The zero-order valence-corrected chi connectivity index (χ0v) is 13.3. The van der Waals surface area contributed by atoms with E-state index in [2.05, 4.69) is 0 Å². The molecule has 0 N–H and O–H groups in total. The van der Waals surface area contributed by atoms with Gasteiger partial charge in [0.15, 0.2) is 0 Å². The number of nitrogens with zero attached hydrogens (tertiary/aromatic N) is 2. The minimum Gasteiger partial charge on any atom is -0.195 e. The molecule has 19 heavy (non-hydrogen) atoms. The summed E-state index contributed by atoms with van der Waals surface area (Å²) < 4.78 is 28.2. The Morgan fingerprint density at radius 1 is 1.47 bits per heavy atom. The molecular formula is C12H19ClN2O2S2. The van der Waals surface area contributed by atoms with Crippen LogP contribution in [0.1, 0.15) is 24.8 Å². The molecule has 0 spiro atoms. The van der Waals surface area contributed by atoms with E-state index < -0.39 is 10.2 Å². The summed E-state index contributed by atoms with van der Waals surface area (Å²) >= 11 is 7.23. The van der Waals surface area contributed by atoms with Crippen molar-refractivity contribution in [2.75, 3.05) is 19.5 Å². The van der Waals surface area contributed by atoms with Crippen molar-refractivity contribution < 1.29 is 8.42 Å². The first kappa shape index (κ1) is 15.3. The minimum atomic E-state index is -3.37. The van der Waals surface area contributed by atoms with E-state index in [-0.39, 0.29) is 6.04 Å². The summed E-state index contributed by atoms with van der Waals surface area (Å²) in [6, 6.07) is 2.15. The van der Waals surface area contributed by atoms with Gasteiger partial charge in [0.25, 0.3) is 10.2 Å². The molecule has 1 aromatic heterocycles. The molecule has 0 unspecified atom stereocenters. The van der Waals surface area contributed by atoms with Crippen molar-refractivity contribution in [1.29, 1.82) is 0 Å². The third-order valence-electron chi connectivity index (χ3n) is 3.17. The van der Waals surface area contributed by atoms with Crippen LogP contribution >= 0.6 is 22.9 Å². The Labute approximate surface area is 124 Å². The second-order valence-electron chi connectivity index (χ2n) is 4.78. The summed E-state index contributed by atoms with van der Waals surface area (Å²) in [7, 11) is -1.74. The van der Waals surface area contributed by atoms with Crippen LogP contribution in [-0.2, 0) is 16.8 Å². The van der Waals surface area contributed by atoms with E-state index in [4.69, 9.17) is 11.6 Å². The lowest BCUT2D eigenvalue weighted by molar-refractivity contribution is 0.348. The van der Waals surface area contributed by atoms with Crippen LogP contribution in [0.4, 0.5) is 0 Å².